The van der Waals surface area contributed by atoms with E-state index < -0.39 is 0 Å². The Morgan fingerprint density at radius 3 is 2.41 bits per heavy atom. The van der Waals surface area contributed by atoms with Crippen LogP contribution in [0.1, 0.15) is 51.4 Å². The molecule has 2 heterocycles. The molecule has 160 valence electrons. The maximum Gasteiger partial charge on any atom is 0.229 e. The number of likely N-dealkylation sites (N-methyl/N-ethyl adjacent to an activating group) is 1. The number of carbonyl (C=O) groups excluding carboxylic acids is 2. The number of nitrogens with zero attached hydrogens (tertiary/aromatic N) is 2. The highest BCUT2D eigenvalue weighted by molar-refractivity contribution is 5.98. The number of fused-ring (bicyclic) bond motifs is 1. The van der Waals surface area contributed by atoms with Crippen molar-refractivity contribution in [3.63, 3.8) is 0 Å². The Labute approximate surface area is 178 Å². The van der Waals surface area contributed by atoms with Gasteiger partial charge in [0.05, 0.1) is 0 Å². The van der Waals surface area contributed by atoms with Crippen molar-refractivity contribution >= 4 is 24.2 Å². The van der Waals surface area contributed by atoms with E-state index in [0.717, 1.165) is 56.6 Å². The summed E-state index contributed by atoms with van der Waals surface area (Å²) in [7, 11) is 2.02. The predicted octanol–water partition coefficient (Wildman–Crippen LogP) is 3.63. The average molecular weight is 423 g/mol. The fourth-order valence-corrected chi connectivity index (χ4v) is 4.76. The van der Waals surface area contributed by atoms with Crippen molar-refractivity contribution in [2.45, 2.75) is 57.6 Å². The quantitative estimate of drug-likeness (QED) is 0.517. The van der Waals surface area contributed by atoms with E-state index in [4.69, 9.17) is 9.47 Å². The van der Waals surface area contributed by atoms with E-state index in [2.05, 4.69) is 4.90 Å². The Hall–Kier alpha value is -1.79. The van der Waals surface area contributed by atoms with Crippen LogP contribution in [-0.4, -0.2) is 54.6 Å². The normalized spacial score (nSPS) is 22.8. The topological polar surface area (TPSA) is 59.1 Å². The third-order valence-electron chi connectivity index (χ3n) is 6.45. The van der Waals surface area contributed by atoms with Crippen LogP contribution < -0.4 is 9.47 Å². The van der Waals surface area contributed by atoms with Crippen LogP contribution >= 0.6 is 12.4 Å². The van der Waals surface area contributed by atoms with Crippen molar-refractivity contribution in [1.29, 1.82) is 0 Å². The number of ether oxygens (including phenoxy) is 2. The second kappa shape index (κ2) is 9.35. The van der Waals surface area contributed by atoms with Gasteiger partial charge in [-0.2, -0.15) is 0 Å². The van der Waals surface area contributed by atoms with Gasteiger partial charge in [0.2, 0.25) is 11.8 Å². The lowest BCUT2D eigenvalue weighted by molar-refractivity contribution is -0.153. The monoisotopic (exact) mass is 422 g/mol. The summed E-state index contributed by atoms with van der Waals surface area (Å²) in [6, 6.07) is 7.70. The molecule has 1 aromatic rings. The molecule has 1 saturated carbocycles. The smallest absolute Gasteiger partial charge is 0.229 e. The van der Waals surface area contributed by atoms with Crippen LogP contribution in [0, 0.1) is 5.41 Å². The van der Waals surface area contributed by atoms with E-state index in [0.29, 0.717) is 26.0 Å². The molecule has 0 bridgehead atoms. The van der Waals surface area contributed by atoms with Crippen molar-refractivity contribution < 1.29 is 19.1 Å². The summed E-state index contributed by atoms with van der Waals surface area (Å²) in [6.07, 6.45) is 7.12. The lowest BCUT2D eigenvalue weighted by Crippen LogP contribution is -2.47. The van der Waals surface area contributed by atoms with E-state index in [9.17, 15) is 9.59 Å². The van der Waals surface area contributed by atoms with E-state index in [1.165, 1.54) is 4.90 Å². The number of halogens is 1. The summed E-state index contributed by atoms with van der Waals surface area (Å²) in [4.78, 5) is 28.7. The molecule has 1 aliphatic carbocycles. The minimum Gasteiger partial charge on any atom is -0.484 e. The first-order valence-electron chi connectivity index (χ1n) is 10.5. The molecule has 1 aromatic carbocycles. The summed E-state index contributed by atoms with van der Waals surface area (Å²) >= 11 is 0. The molecule has 2 amide bonds. The zero-order chi connectivity index (χ0) is 19.6. The number of amides is 2. The number of para-hydroxylation sites is 2. The predicted molar refractivity (Wildman–Crippen MR) is 112 cm³/mol. The second-order valence-corrected chi connectivity index (χ2v) is 8.52. The Balaban J connectivity index is 0.00000240. The lowest BCUT2D eigenvalue weighted by atomic mass is 9.76. The van der Waals surface area contributed by atoms with Crippen LogP contribution in [0.3, 0.4) is 0 Å². The third kappa shape index (κ3) is 4.86. The Kier molecular flexibility index (Phi) is 7.06. The summed E-state index contributed by atoms with van der Waals surface area (Å²) in [5, 5.41) is 0. The highest BCUT2D eigenvalue weighted by Crippen LogP contribution is 2.46. The highest BCUT2D eigenvalue weighted by Gasteiger charge is 2.44. The number of hydrogen-bond donors (Lipinski definition) is 0. The lowest BCUT2D eigenvalue weighted by Gasteiger charge is -2.37. The van der Waals surface area contributed by atoms with Crippen LogP contribution in [0.2, 0.25) is 0 Å². The van der Waals surface area contributed by atoms with Crippen LogP contribution in [0.25, 0.3) is 0 Å². The van der Waals surface area contributed by atoms with E-state index >= 15 is 0 Å². The van der Waals surface area contributed by atoms with Gasteiger partial charge in [-0.3, -0.25) is 19.4 Å². The molecule has 4 rings (SSSR count). The molecule has 0 N–H and O–H groups in total. The fourth-order valence-electron chi connectivity index (χ4n) is 4.76. The van der Waals surface area contributed by atoms with Gasteiger partial charge in [0, 0.05) is 25.9 Å². The van der Waals surface area contributed by atoms with Crippen molar-refractivity contribution in [3.8, 4) is 11.5 Å². The van der Waals surface area contributed by atoms with Gasteiger partial charge in [-0.25, -0.2) is 0 Å². The number of rotatable bonds is 6. The van der Waals surface area contributed by atoms with E-state index in [1.54, 1.807) is 0 Å². The Bertz CT molecular complexity index is 715. The van der Waals surface area contributed by atoms with Gasteiger partial charge in [0.1, 0.15) is 6.61 Å². The molecule has 1 unspecified atom stereocenters. The van der Waals surface area contributed by atoms with Gasteiger partial charge in [-0.05, 0) is 50.3 Å². The first-order chi connectivity index (χ1) is 13.6. The highest BCUT2D eigenvalue weighted by atomic mass is 35.5. The molecule has 0 aromatic heterocycles. The Morgan fingerprint density at radius 1 is 1.07 bits per heavy atom. The number of piperidine rings is 1. The van der Waals surface area contributed by atoms with Crippen molar-refractivity contribution in [3.05, 3.63) is 24.3 Å². The van der Waals surface area contributed by atoms with Crippen molar-refractivity contribution in [2.24, 2.45) is 5.41 Å². The minimum atomic E-state index is -0.115. The van der Waals surface area contributed by atoms with Gasteiger partial charge in [0.15, 0.2) is 17.7 Å². The fraction of sp³-hybridized carbons (Fsp3) is 0.636. The molecule has 7 heteroatoms. The largest absolute Gasteiger partial charge is 0.484 e. The maximum atomic E-state index is 12.5. The molecule has 0 radical (unpaired) electrons. The number of likely N-dealkylation sites (tertiary alicyclic amines) is 1. The van der Waals surface area contributed by atoms with Crippen LogP contribution in [0.4, 0.5) is 0 Å². The summed E-state index contributed by atoms with van der Waals surface area (Å²) < 4.78 is 11.8. The number of unbranched alkanes of at least 4 members (excludes halogenated alkanes) is 1. The number of benzene rings is 1. The van der Waals surface area contributed by atoms with Gasteiger partial charge in [-0.15, -0.1) is 12.4 Å². The van der Waals surface area contributed by atoms with Crippen molar-refractivity contribution in [2.75, 3.05) is 26.7 Å². The average Bonchev–Trinajstić information content (AvgIpc) is 3.13. The second-order valence-electron chi connectivity index (χ2n) is 8.52. The Morgan fingerprint density at radius 2 is 1.72 bits per heavy atom. The third-order valence-corrected chi connectivity index (χ3v) is 6.45. The van der Waals surface area contributed by atoms with Crippen LogP contribution in [-0.2, 0) is 9.59 Å². The zero-order valence-electron chi connectivity index (χ0n) is 17.1. The molecule has 6 nitrogen and oxygen atoms in total. The molecular formula is C22H31ClN2O4. The standard InChI is InChI=1S/C22H30N2O4.ClH/c1-23(21-16-27-17-8-2-3-9-18(17)28-21)12-6-7-13-24-19(25)14-22(15-20(24)26)10-4-5-11-22;/h2-3,8-9,21H,4-7,10-16H2,1H3;1H. The summed E-state index contributed by atoms with van der Waals surface area (Å²) in [6.45, 7) is 1.86. The molecular weight excluding hydrogens is 392 g/mol. The van der Waals surface area contributed by atoms with Gasteiger partial charge in [0.25, 0.3) is 0 Å². The first kappa shape index (κ1) is 21.9. The molecule has 1 atom stereocenters. The first-order valence-corrected chi connectivity index (χ1v) is 10.5. The molecule has 1 saturated heterocycles. The van der Waals surface area contributed by atoms with Crippen LogP contribution in [0.5, 0.6) is 11.5 Å². The molecule has 3 aliphatic rings. The van der Waals surface area contributed by atoms with E-state index in [1.807, 2.05) is 31.3 Å². The maximum absolute atomic E-state index is 12.5. The van der Waals surface area contributed by atoms with E-state index in [-0.39, 0.29) is 35.9 Å². The summed E-state index contributed by atoms with van der Waals surface area (Å²) in [5.74, 6) is 1.63. The van der Waals surface area contributed by atoms with Gasteiger partial charge < -0.3 is 9.47 Å². The molecule has 1 spiro atoms. The number of hydrogen-bond acceptors (Lipinski definition) is 5. The number of carbonyl (C=O) groups is 2. The molecule has 2 aliphatic heterocycles. The zero-order valence-corrected chi connectivity index (χ0v) is 17.9. The molecule has 2 fully saturated rings. The van der Waals surface area contributed by atoms with Gasteiger partial charge >= 0.3 is 0 Å². The van der Waals surface area contributed by atoms with Gasteiger partial charge in [-0.1, -0.05) is 25.0 Å². The summed E-state index contributed by atoms with van der Waals surface area (Å²) in [5.41, 5.74) is -0.0144. The molecule has 29 heavy (non-hydrogen) atoms. The number of imide groups is 1. The van der Waals surface area contributed by atoms with Crippen LogP contribution in [0.15, 0.2) is 24.3 Å². The SMILES string of the molecule is CN(CCCCN1C(=O)CC2(CCCC2)CC1=O)C1COc2ccccc2O1.Cl. The van der Waals surface area contributed by atoms with Crippen molar-refractivity contribution in [1.82, 2.24) is 9.80 Å². The minimum absolute atomic E-state index is 0.